The number of ether oxygens (including phenoxy) is 2. The van der Waals surface area contributed by atoms with Crippen molar-refractivity contribution in [2.45, 2.75) is 31.2 Å². The Morgan fingerprint density at radius 1 is 1.10 bits per heavy atom. The predicted octanol–water partition coefficient (Wildman–Crippen LogP) is 3.71. The topological polar surface area (TPSA) is 84.9 Å². The van der Waals surface area contributed by atoms with Gasteiger partial charge in [0.2, 0.25) is 10.0 Å². The van der Waals surface area contributed by atoms with E-state index >= 15 is 0 Å². The number of amides is 1. The van der Waals surface area contributed by atoms with Gasteiger partial charge >= 0.3 is 0 Å². The van der Waals surface area contributed by atoms with Gasteiger partial charge < -0.3 is 14.8 Å². The van der Waals surface area contributed by atoms with Crippen molar-refractivity contribution in [1.29, 1.82) is 0 Å². The van der Waals surface area contributed by atoms with E-state index in [1.165, 1.54) is 29.6 Å². The lowest BCUT2D eigenvalue weighted by Gasteiger charge is -2.29. The summed E-state index contributed by atoms with van der Waals surface area (Å²) in [5.41, 5.74) is 0.918. The van der Waals surface area contributed by atoms with Gasteiger partial charge in [0.25, 0.3) is 5.91 Å². The summed E-state index contributed by atoms with van der Waals surface area (Å²) in [6, 6.07) is 9.56. The molecule has 1 amide bonds. The Morgan fingerprint density at radius 3 is 2.42 bits per heavy atom. The van der Waals surface area contributed by atoms with E-state index in [1.807, 2.05) is 6.07 Å². The second-order valence-electron chi connectivity index (χ2n) is 7.60. The number of sulfonamides is 1. The van der Waals surface area contributed by atoms with Gasteiger partial charge in [0.05, 0.1) is 29.7 Å². The van der Waals surface area contributed by atoms with Gasteiger partial charge in [-0.25, -0.2) is 8.42 Å². The summed E-state index contributed by atoms with van der Waals surface area (Å²) >= 11 is 6.21. The number of piperidine rings is 1. The summed E-state index contributed by atoms with van der Waals surface area (Å²) < 4.78 is 38.0. The molecule has 31 heavy (non-hydrogen) atoms. The average Bonchev–Trinajstić information content (AvgIpc) is 2.77. The highest BCUT2D eigenvalue weighted by Crippen LogP contribution is 2.28. The van der Waals surface area contributed by atoms with E-state index < -0.39 is 15.9 Å². The summed E-state index contributed by atoms with van der Waals surface area (Å²) in [4.78, 5) is 12.8. The summed E-state index contributed by atoms with van der Waals surface area (Å²) in [5.74, 6) is 1.19. The smallest absolute Gasteiger partial charge is 0.253 e. The van der Waals surface area contributed by atoms with Crippen molar-refractivity contribution in [3.05, 3.63) is 52.5 Å². The van der Waals surface area contributed by atoms with Gasteiger partial charge in [-0.3, -0.25) is 4.79 Å². The second-order valence-corrected chi connectivity index (χ2v) is 9.95. The van der Waals surface area contributed by atoms with Crippen LogP contribution < -0.4 is 14.8 Å². The van der Waals surface area contributed by atoms with Crippen LogP contribution in [0.1, 0.15) is 35.7 Å². The largest absolute Gasteiger partial charge is 0.493 e. The van der Waals surface area contributed by atoms with Gasteiger partial charge in [-0.05, 0) is 54.7 Å². The number of methoxy groups -OCH3 is 2. The molecule has 0 spiro atoms. The molecule has 0 bridgehead atoms. The lowest BCUT2D eigenvalue weighted by molar-refractivity contribution is 0.0951. The molecule has 2 aromatic carbocycles. The molecule has 9 heteroatoms. The number of halogens is 1. The highest BCUT2D eigenvalue weighted by molar-refractivity contribution is 7.89. The fourth-order valence-corrected chi connectivity index (χ4v) is 5.18. The molecule has 1 aliphatic heterocycles. The quantitative estimate of drug-likeness (QED) is 0.672. The van der Waals surface area contributed by atoms with Gasteiger partial charge in [-0.15, -0.1) is 0 Å². The maximum atomic E-state index is 13.0. The van der Waals surface area contributed by atoms with Crippen LogP contribution in [0.4, 0.5) is 0 Å². The zero-order valence-corrected chi connectivity index (χ0v) is 19.4. The number of rotatable bonds is 7. The summed E-state index contributed by atoms with van der Waals surface area (Å²) in [6.07, 6.45) is 1.65. The normalized spacial score (nSPS) is 15.5. The second kappa shape index (κ2) is 9.89. The van der Waals surface area contributed by atoms with E-state index in [1.54, 1.807) is 19.2 Å². The maximum absolute atomic E-state index is 13.0. The molecule has 0 aliphatic carbocycles. The first-order chi connectivity index (χ1) is 14.8. The lowest BCUT2D eigenvalue weighted by atomic mass is 10.0. The van der Waals surface area contributed by atoms with Crippen LogP contribution in [0, 0.1) is 5.92 Å². The first kappa shape index (κ1) is 23.4. The van der Waals surface area contributed by atoms with Crippen molar-refractivity contribution < 1.29 is 22.7 Å². The average molecular weight is 467 g/mol. The molecule has 0 radical (unpaired) electrons. The van der Waals surface area contributed by atoms with E-state index in [0.717, 1.165) is 18.4 Å². The van der Waals surface area contributed by atoms with Crippen LogP contribution in [-0.4, -0.2) is 45.9 Å². The Hall–Kier alpha value is -2.29. The van der Waals surface area contributed by atoms with Crippen molar-refractivity contribution in [1.82, 2.24) is 9.62 Å². The van der Waals surface area contributed by atoms with Crippen LogP contribution in [0.5, 0.6) is 11.5 Å². The van der Waals surface area contributed by atoms with Crippen molar-refractivity contribution in [2.75, 3.05) is 27.3 Å². The van der Waals surface area contributed by atoms with E-state index in [9.17, 15) is 13.2 Å². The molecule has 0 saturated carbocycles. The molecule has 0 atom stereocenters. The van der Waals surface area contributed by atoms with Crippen molar-refractivity contribution in [2.24, 2.45) is 5.92 Å². The molecule has 2 aromatic rings. The Labute approximate surface area is 188 Å². The number of hydrogen-bond acceptors (Lipinski definition) is 5. The van der Waals surface area contributed by atoms with Gasteiger partial charge in [0, 0.05) is 19.6 Å². The molecule has 1 saturated heterocycles. The fourth-order valence-electron chi connectivity index (χ4n) is 3.48. The molecule has 7 nitrogen and oxygen atoms in total. The lowest BCUT2D eigenvalue weighted by Crippen LogP contribution is -2.38. The number of hydrogen-bond donors (Lipinski definition) is 1. The molecule has 0 aromatic heterocycles. The molecular weight excluding hydrogens is 440 g/mol. The number of nitrogens with zero attached hydrogens (tertiary/aromatic N) is 1. The minimum Gasteiger partial charge on any atom is -0.493 e. The van der Waals surface area contributed by atoms with Crippen molar-refractivity contribution >= 4 is 27.5 Å². The highest BCUT2D eigenvalue weighted by atomic mass is 35.5. The third-order valence-corrected chi connectivity index (χ3v) is 7.69. The summed E-state index contributed by atoms with van der Waals surface area (Å²) in [6.45, 7) is 3.30. The van der Waals surface area contributed by atoms with Crippen LogP contribution in [-0.2, 0) is 16.6 Å². The first-order valence-electron chi connectivity index (χ1n) is 10.0. The van der Waals surface area contributed by atoms with E-state index in [2.05, 4.69) is 12.2 Å². The standard InChI is InChI=1S/C22H27ClN2O5S/c1-15-8-10-25(11-9-15)31(27,28)17-5-6-19(23)18(13-17)22(26)24-14-16-4-7-20(29-2)21(12-16)30-3/h4-7,12-13,15H,8-11,14H2,1-3H3,(H,24,26). The molecule has 1 N–H and O–H groups in total. The number of nitrogens with one attached hydrogen (secondary N) is 1. The Kier molecular flexibility index (Phi) is 7.46. The molecule has 1 fully saturated rings. The van der Waals surface area contributed by atoms with Crippen LogP contribution >= 0.6 is 11.6 Å². The third kappa shape index (κ3) is 5.31. The SMILES string of the molecule is COc1ccc(CNC(=O)c2cc(S(=O)(=O)N3CCC(C)CC3)ccc2Cl)cc1OC. The van der Waals surface area contributed by atoms with Crippen LogP contribution in [0.25, 0.3) is 0 Å². The van der Waals surface area contributed by atoms with E-state index in [4.69, 9.17) is 21.1 Å². The monoisotopic (exact) mass is 466 g/mol. The summed E-state index contributed by atoms with van der Waals surface area (Å²) in [5, 5.41) is 2.97. The first-order valence-corrected chi connectivity index (χ1v) is 11.9. The van der Waals surface area contributed by atoms with Gasteiger partial charge in [-0.2, -0.15) is 4.31 Å². The zero-order chi connectivity index (χ0) is 22.6. The molecule has 168 valence electrons. The zero-order valence-electron chi connectivity index (χ0n) is 17.9. The predicted molar refractivity (Wildman–Crippen MR) is 119 cm³/mol. The number of benzene rings is 2. The molecule has 1 aliphatic rings. The number of carbonyl (C=O) groups is 1. The minimum atomic E-state index is -3.68. The molecule has 0 unspecified atom stereocenters. The van der Waals surface area contributed by atoms with Crippen LogP contribution in [0.15, 0.2) is 41.3 Å². The number of carbonyl (C=O) groups excluding carboxylic acids is 1. The molecule has 1 heterocycles. The Balaban J connectivity index is 1.76. The van der Waals surface area contributed by atoms with Gasteiger partial charge in [-0.1, -0.05) is 24.6 Å². The van der Waals surface area contributed by atoms with Crippen molar-refractivity contribution in [3.8, 4) is 11.5 Å². The van der Waals surface area contributed by atoms with Gasteiger partial charge in [0.15, 0.2) is 11.5 Å². The molecule has 3 rings (SSSR count). The van der Waals surface area contributed by atoms with Crippen LogP contribution in [0.2, 0.25) is 5.02 Å². The molecular formula is C22H27ClN2O5S. The Morgan fingerprint density at radius 2 is 1.77 bits per heavy atom. The fraction of sp³-hybridized carbons (Fsp3) is 0.409. The summed E-state index contributed by atoms with van der Waals surface area (Å²) in [7, 11) is -0.593. The van der Waals surface area contributed by atoms with E-state index in [-0.39, 0.29) is 22.0 Å². The van der Waals surface area contributed by atoms with Gasteiger partial charge in [0.1, 0.15) is 0 Å². The minimum absolute atomic E-state index is 0.0720. The third-order valence-electron chi connectivity index (χ3n) is 5.46. The van der Waals surface area contributed by atoms with Crippen LogP contribution in [0.3, 0.4) is 0 Å². The Bertz CT molecular complexity index is 1050. The highest BCUT2D eigenvalue weighted by Gasteiger charge is 2.29. The maximum Gasteiger partial charge on any atom is 0.253 e. The van der Waals surface area contributed by atoms with Crippen molar-refractivity contribution in [3.63, 3.8) is 0 Å². The van der Waals surface area contributed by atoms with E-state index in [0.29, 0.717) is 30.5 Å².